The zero-order chi connectivity index (χ0) is 17.8. The number of pyridine rings is 1. The first kappa shape index (κ1) is 15.9. The molecular weight excluding hydrogens is 330 g/mol. The quantitative estimate of drug-likeness (QED) is 0.524. The van der Waals surface area contributed by atoms with Gasteiger partial charge in [-0.2, -0.15) is 0 Å². The van der Waals surface area contributed by atoms with E-state index in [1.165, 1.54) is 0 Å². The van der Waals surface area contributed by atoms with Crippen molar-refractivity contribution in [3.05, 3.63) is 83.7 Å². The van der Waals surface area contributed by atoms with Crippen molar-refractivity contribution < 1.29 is 19.0 Å². The van der Waals surface area contributed by atoms with E-state index in [0.29, 0.717) is 22.8 Å². The highest BCUT2D eigenvalue weighted by Crippen LogP contribution is 2.32. The Balaban J connectivity index is 1.42. The summed E-state index contributed by atoms with van der Waals surface area (Å²) in [6.07, 6.45) is 5.62. The fraction of sp³-hybridized carbons (Fsp3) is 0.0476. The number of benzene rings is 2. The van der Waals surface area contributed by atoms with E-state index in [1.54, 1.807) is 36.5 Å². The van der Waals surface area contributed by atoms with Crippen molar-refractivity contribution in [1.29, 1.82) is 0 Å². The minimum atomic E-state index is -0.444. The molecule has 0 saturated carbocycles. The van der Waals surface area contributed by atoms with Crippen LogP contribution in [0.1, 0.15) is 21.6 Å². The number of aromatic nitrogens is 1. The molecule has 5 heteroatoms. The van der Waals surface area contributed by atoms with Gasteiger partial charge in [-0.05, 0) is 54.1 Å². The Labute approximate surface area is 150 Å². The maximum Gasteiger partial charge on any atom is 0.343 e. The number of ether oxygens (including phenoxy) is 3. The number of fused-ring (bicyclic) bond motifs is 1. The Kier molecular flexibility index (Phi) is 4.35. The van der Waals surface area contributed by atoms with E-state index in [1.807, 2.05) is 42.5 Å². The van der Waals surface area contributed by atoms with Gasteiger partial charge in [0.1, 0.15) is 5.75 Å². The second kappa shape index (κ2) is 7.11. The first-order chi connectivity index (χ1) is 12.8. The third kappa shape index (κ3) is 3.57. The minimum absolute atomic E-state index is 0.168. The van der Waals surface area contributed by atoms with Crippen LogP contribution in [0.25, 0.3) is 12.2 Å². The van der Waals surface area contributed by atoms with Crippen LogP contribution in [0.4, 0.5) is 0 Å². The first-order valence-electron chi connectivity index (χ1n) is 8.09. The van der Waals surface area contributed by atoms with Gasteiger partial charge in [0.15, 0.2) is 11.5 Å². The number of carbonyl (C=O) groups excluding carboxylic acids is 1. The van der Waals surface area contributed by atoms with E-state index >= 15 is 0 Å². The van der Waals surface area contributed by atoms with Gasteiger partial charge in [-0.25, -0.2) is 4.79 Å². The fourth-order valence-electron chi connectivity index (χ4n) is 2.49. The lowest BCUT2D eigenvalue weighted by atomic mass is 10.2. The Bertz CT molecular complexity index is 950. The summed E-state index contributed by atoms with van der Waals surface area (Å²) in [5, 5.41) is 0. The highest BCUT2D eigenvalue weighted by molar-refractivity contribution is 5.92. The van der Waals surface area contributed by atoms with Gasteiger partial charge in [0.05, 0.1) is 11.3 Å². The van der Waals surface area contributed by atoms with E-state index in [-0.39, 0.29) is 6.79 Å². The average Bonchev–Trinajstić information content (AvgIpc) is 3.16. The summed E-state index contributed by atoms with van der Waals surface area (Å²) in [5.74, 6) is 1.21. The summed E-state index contributed by atoms with van der Waals surface area (Å²) in [5.41, 5.74) is 2.28. The van der Waals surface area contributed by atoms with E-state index in [2.05, 4.69) is 4.98 Å². The lowest BCUT2D eigenvalue weighted by Crippen LogP contribution is -2.08. The van der Waals surface area contributed by atoms with Crippen LogP contribution in [-0.4, -0.2) is 17.7 Å². The Morgan fingerprint density at radius 3 is 2.62 bits per heavy atom. The van der Waals surface area contributed by atoms with Crippen molar-refractivity contribution in [2.45, 2.75) is 0 Å². The molecule has 0 saturated heterocycles. The number of carbonyl (C=O) groups is 1. The van der Waals surface area contributed by atoms with Gasteiger partial charge in [0.25, 0.3) is 0 Å². The molecule has 3 aromatic rings. The first-order valence-corrected chi connectivity index (χ1v) is 8.09. The van der Waals surface area contributed by atoms with Gasteiger partial charge >= 0.3 is 5.97 Å². The van der Waals surface area contributed by atoms with E-state index in [9.17, 15) is 4.79 Å². The summed E-state index contributed by atoms with van der Waals surface area (Å²) >= 11 is 0. The molecule has 1 aromatic heterocycles. The topological polar surface area (TPSA) is 57.7 Å². The van der Waals surface area contributed by atoms with Crippen molar-refractivity contribution in [3.8, 4) is 17.2 Å². The molecular formula is C21H15NO4. The van der Waals surface area contributed by atoms with Gasteiger partial charge in [-0.3, -0.25) is 4.98 Å². The molecule has 0 aliphatic carbocycles. The zero-order valence-corrected chi connectivity index (χ0v) is 13.8. The fourth-order valence-corrected chi connectivity index (χ4v) is 2.49. The normalized spacial score (nSPS) is 12.3. The molecule has 2 heterocycles. The molecule has 0 bridgehead atoms. The molecule has 4 rings (SSSR count). The summed E-state index contributed by atoms with van der Waals surface area (Å²) < 4.78 is 15.9. The molecule has 128 valence electrons. The maximum absolute atomic E-state index is 12.3. The predicted molar refractivity (Wildman–Crippen MR) is 97.1 cm³/mol. The molecule has 1 aliphatic rings. The highest BCUT2D eigenvalue weighted by atomic mass is 16.7. The molecule has 1 aliphatic heterocycles. The third-order valence-electron chi connectivity index (χ3n) is 3.83. The molecule has 0 atom stereocenters. The number of hydrogen-bond acceptors (Lipinski definition) is 5. The predicted octanol–water partition coefficient (Wildman–Crippen LogP) is 4.20. The number of rotatable bonds is 4. The largest absolute Gasteiger partial charge is 0.454 e. The molecule has 5 nitrogen and oxygen atoms in total. The van der Waals surface area contributed by atoms with E-state index < -0.39 is 5.97 Å². The SMILES string of the molecule is O=C(Oc1ccc(/C=C/c2ccccn2)cc1)c1ccc2c(c1)OCO2. The van der Waals surface area contributed by atoms with Gasteiger partial charge in [0, 0.05) is 6.20 Å². The summed E-state index contributed by atoms with van der Waals surface area (Å²) in [4.78, 5) is 16.5. The third-order valence-corrected chi connectivity index (χ3v) is 3.83. The van der Waals surface area contributed by atoms with Crippen molar-refractivity contribution in [2.75, 3.05) is 6.79 Å². The van der Waals surface area contributed by atoms with Crippen LogP contribution >= 0.6 is 0 Å². The molecule has 0 radical (unpaired) electrons. The van der Waals surface area contributed by atoms with Gasteiger partial charge in [-0.15, -0.1) is 0 Å². The standard InChI is InChI=1S/C21H15NO4/c23-21(16-7-11-19-20(13-16)25-14-24-19)26-18-9-5-15(6-10-18)4-8-17-3-1-2-12-22-17/h1-13H,14H2/b8-4+. The second-order valence-corrected chi connectivity index (χ2v) is 5.61. The molecule has 0 spiro atoms. The maximum atomic E-state index is 12.3. The van der Waals surface area contributed by atoms with Gasteiger partial charge in [-0.1, -0.05) is 24.3 Å². The van der Waals surface area contributed by atoms with E-state index in [0.717, 1.165) is 11.3 Å². The summed E-state index contributed by atoms with van der Waals surface area (Å²) in [6, 6.07) is 18.0. The molecule has 2 aromatic carbocycles. The van der Waals surface area contributed by atoms with Crippen LogP contribution in [0.5, 0.6) is 17.2 Å². The molecule has 0 fully saturated rings. The van der Waals surface area contributed by atoms with Crippen LogP contribution in [0.15, 0.2) is 66.9 Å². The monoisotopic (exact) mass is 345 g/mol. The number of hydrogen-bond donors (Lipinski definition) is 0. The van der Waals surface area contributed by atoms with Gasteiger partial charge < -0.3 is 14.2 Å². The molecule has 0 amide bonds. The number of esters is 1. The minimum Gasteiger partial charge on any atom is -0.454 e. The van der Waals surface area contributed by atoms with Crippen LogP contribution in [-0.2, 0) is 0 Å². The van der Waals surface area contributed by atoms with Crippen LogP contribution in [0.2, 0.25) is 0 Å². The van der Waals surface area contributed by atoms with Crippen molar-refractivity contribution >= 4 is 18.1 Å². The number of nitrogens with zero attached hydrogens (tertiary/aromatic N) is 1. The van der Waals surface area contributed by atoms with Gasteiger partial charge in [0.2, 0.25) is 6.79 Å². The van der Waals surface area contributed by atoms with Crippen molar-refractivity contribution in [2.24, 2.45) is 0 Å². The summed E-state index contributed by atoms with van der Waals surface area (Å²) in [7, 11) is 0. The van der Waals surface area contributed by atoms with Crippen molar-refractivity contribution in [3.63, 3.8) is 0 Å². The van der Waals surface area contributed by atoms with Crippen LogP contribution in [0.3, 0.4) is 0 Å². The average molecular weight is 345 g/mol. The van der Waals surface area contributed by atoms with E-state index in [4.69, 9.17) is 14.2 Å². The Hall–Kier alpha value is -3.60. The zero-order valence-electron chi connectivity index (χ0n) is 13.8. The Morgan fingerprint density at radius 1 is 0.962 bits per heavy atom. The van der Waals surface area contributed by atoms with Crippen LogP contribution in [0, 0.1) is 0 Å². The Morgan fingerprint density at radius 2 is 1.81 bits per heavy atom. The molecule has 26 heavy (non-hydrogen) atoms. The second-order valence-electron chi connectivity index (χ2n) is 5.61. The smallest absolute Gasteiger partial charge is 0.343 e. The lowest BCUT2D eigenvalue weighted by molar-refractivity contribution is 0.0734. The summed E-state index contributed by atoms with van der Waals surface area (Å²) in [6.45, 7) is 0.168. The lowest BCUT2D eigenvalue weighted by Gasteiger charge is -2.05. The molecule has 0 unspecified atom stereocenters. The highest BCUT2D eigenvalue weighted by Gasteiger charge is 2.17. The molecule has 0 N–H and O–H groups in total. The van der Waals surface area contributed by atoms with Crippen LogP contribution < -0.4 is 14.2 Å². The van der Waals surface area contributed by atoms with Crippen molar-refractivity contribution in [1.82, 2.24) is 4.98 Å².